The van der Waals surface area contributed by atoms with E-state index in [0.717, 1.165) is 16.6 Å². The first-order valence-corrected chi connectivity index (χ1v) is 14.0. The molecule has 0 unspecified atom stereocenters. The molecule has 0 fully saturated rings. The molecule has 0 bridgehead atoms. The van der Waals surface area contributed by atoms with E-state index < -0.39 is 15.8 Å². The Morgan fingerprint density at radius 3 is 1.48 bits per heavy atom. The largest absolute Gasteiger partial charge is 0.440 e. The minimum atomic E-state index is -1.55. The fourth-order valence-electron chi connectivity index (χ4n) is 4.67. The van der Waals surface area contributed by atoms with Gasteiger partial charge in [-0.1, -0.05) is 41.5 Å². The van der Waals surface area contributed by atoms with Crippen LogP contribution in [0.2, 0.25) is 16.6 Å². The molecular formula is C19H41N2Si2+. The molecule has 0 aliphatic heterocycles. The van der Waals surface area contributed by atoms with Crippen molar-refractivity contribution in [3.05, 3.63) is 12.4 Å². The second kappa shape index (κ2) is 6.59. The summed E-state index contributed by atoms with van der Waals surface area (Å²) in [5.74, 6) is 0. The zero-order valence-corrected chi connectivity index (χ0v) is 19.8. The lowest BCUT2D eigenvalue weighted by Gasteiger charge is -2.41. The Bertz CT molecular complexity index is 475. The number of hydrogen-bond acceptors (Lipinski definition) is 0. The SMILES string of the molecule is CC(C)[Si](C(C)C)(C(C)C)[si]1n(C(C)(C)C)cc[n+]1C(C)(C)C. The molecule has 0 saturated carbocycles. The molecule has 0 spiro atoms. The summed E-state index contributed by atoms with van der Waals surface area (Å²) in [6.45, 7) is 29.3. The number of aromatic nitrogens is 2. The van der Waals surface area contributed by atoms with Crippen LogP contribution >= 0.6 is 0 Å². The number of hydrogen-bond donors (Lipinski definition) is 0. The molecule has 0 atom stereocenters. The molecule has 1 aromatic heterocycles. The Morgan fingerprint density at radius 2 is 1.22 bits per heavy atom. The Hall–Kier alpha value is -0.226. The van der Waals surface area contributed by atoms with Crippen molar-refractivity contribution in [2.75, 3.05) is 0 Å². The highest BCUT2D eigenvalue weighted by Crippen LogP contribution is 2.42. The van der Waals surface area contributed by atoms with Crippen molar-refractivity contribution in [2.24, 2.45) is 0 Å². The zero-order valence-electron chi connectivity index (χ0n) is 17.8. The van der Waals surface area contributed by atoms with Crippen LogP contribution in [0.15, 0.2) is 12.4 Å². The van der Waals surface area contributed by atoms with Crippen LogP contribution in [0.1, 0.15) is 83.1 Å². The molecular weight excluding hydrogens is 312 g/mol. The number of rotatable bonds is 4. The van der Waals surface area contributed by atoms with Gasteiger partial charge in [0.1, 0.15) is 12.4 Å². The second-order valence-corrected chi connectivity index (χ2v) is 21.0. The molecule has 0 aliphatic carbocycles. The predicted octanol–water partition coefficient (Wildman–Crippen LogP) is 5.33. The van der Waals surface area contributed by atoms with Gasteiger partial charge in [0, 0.05) is 0 Å². The third kappa shape index (κ3) is 3.58. The Balaban J connectivity index is 3.94. The minimum absolute atomic E-state index is 0.196. The highest BCUT2D eigenvalue weighted by molar-refractivity contribution is 7.27. The summed E-state index contributed by atoms with van der Waals surface area (Å²) in [5.41, 5.74) is 2.78. The van der Waals surface area contributed by atoms with Crippen molar-refractivity contribution in [3.63, 3.8) is 0 Å². The lowest BCUT2D eigenvalue weighted by molar-refractivity contribution is -0.705. The lowest BCUT2D eigenvalue weighted by Crippen LogP contribution is -2.71. The van der Waals surface area contributed by atoms with E-state index in [1.165, 1.54) is 0 Å². The van der Waals surface area contributed by atoms with Gasteiger partial charge in [0.15, 0.2) is 7.59 Å². The van der Waals surface area contributed by atoms with Gasteiger partial charge in [-0.25, -0.2) is 0 Å². The average molecular weight is 354 g/mol. The second-order valence-electron chi connectivity index (χ2n) is 10.1. The maximum absolute atomic E-state index is 2.77. The van der Waals surface area contributed by atoms with Crippen molar-refractivity contribution in [1.82, 2.24) is 4.22 Å². The maximum Gasteiger partial charge on any atom is 0.440 e. The van der Waals surface area contributed by atoms with Crippen LogP contribution in [0.5, 0.6) is 0 Å². The van der Waals surface area contributed by atoms with Crippen LogP contribution in [0.4, 0.5) is 0 Å². The van der Waals surface area contributed by atoms with Crippen LogP contribution < -0.4 is 4.22 Å². The molecule has 134 valence electrons. The standard InChI is InChI=1S/C19H41N2Si2/c1-15(2)23(16(3)4,17(5)6)22-20(18(7,8)9)13-14-21(22)19(10,11)12/h13-17H,1-12H3/q+1. The van der Waals surface area contributed by atoms with E-state index in [1.54, 1.807) is 0 Å². The van der Waals surface area contributed by atoms with Crippen LogP contribution in [0.25, 0.3) is 0 Å². The summed E-state index contributed by atoms with van der Waals surface area (Å²) in [6, 6.07) is 0. The normalized spacial score (nSPS) is 14.4. The van der Waals surface area contributed by atoms with E-state index >= 15 is 0 Å². The van der Waals surface area contributed by atoms with E-state index in [9.17, 15) is 0 Å². The van der Waals surface area contributed by atoms with Gasteiger partial charge in [0.05, 0.1) is 11.1 Å². The summed E-state index contributed by atoms with van der Waals surface area (Å²) >= 11 is 0. The molecule has 0 radical (unpaired) electrons. The van der Waals surface area contributed by atoms with E-state index in [2.05, 4.69) is 104 Å². The highest BCUT2D eigenvalue weighted by Gasteiger charge is 2.57. The van der Waals surface area contributed by atoms with Crippen molar-refractivity contribution < 1.29 is 4.22 Å². The summed E-state index contributed by atoms with van der Waals surface area (Å²) in [7, 11) is -2.35. The van der Waals surface area contributed by atoms with Crippen LogP contribution in [-0.2, 0) is 11.1 Å². The molecule has 0 saturated heterocycles. The maximum atomic E-state index is 2.77. The molecule has 1 heterocycles. The fourth-order valence-corrected chi connectivity index (χ4v) is 22.6. The fraction of sp³-hybridized carbons (Fsp3) is 0.895. The molecule has 2 nitrogen and oxygen atoms in total. The van der Waals surface area contributed by atoms with Crippen LogP contribution in [0.3, 0.4) is 0 Å². The molecule has 23 heavy (non-hydrogen) atoms. The summed E-state index contributed by atoms with van der Waals surface area (Å²) in [6.07, 6.45) is 4.82. The summed E-state index contributed by atoms with van der Waals surface area (Å²) in [5, 5.41) is 0. The predicted molar refractivity (Wildman–Crippen MR) is 107 cm³/mol. The lowest BCUT2D eigenvalue weighted by atomic mass is 10.1. The molecule has 0 aromatic carbocycles. The summed E-state index contributed by atoms with van der Waals surface area (Å²) < 4.78 is 5.55. The molecule has 0 N–H and O–H groups in total. The minimum Gasteiger partial charge on any atom is -0.290 e. The first-order valence-electron chi connectivity index (χ1n) is 9.32. The smallest absolute Gasteiger partial charge is 0.290 e. The van der Waals surface area contributed by atoms with Crippen molar-refractivity contribution in [3.8, 4) is 0 Å². The monoisotopic (exact) mass is 353 g/mol. The van der Waals surface area contributed by atoms with Gasteiger partial charge in [0.25, 0.3) is 0 Å². The van der Waals surface area contributed by atoms with Crippen molar-refractivity contribution in [2.45, 2.75) is 111 Å². The molecule has 4 heteroatoms. The van der Waals surface area contributed by atoms with Crippen LogP contribution in [0, 0.1) is 0 Å². The Labute approximate surface area is 147 Å². The Morgan fingerprint density at radius 1 is 0.826 bits per heavy atom. The first kappa shape index (κ1) is 20.8. The van der Waals surface area contributed by atoms with Crippen molar-refractivity contribution >= 4 is 15.8 Å². The van der Waals surface area contributed by atoms with Crippen LogP contribution in [-0.4, -0.2) is 20.1 Å². The van der Waals surface area contributed by atoms with Gasteiger partial charge < -0.3 is 0 Å². The van der Waals surface area contributed by atoms with Gasteiger partial charge in [-0.15, -0.1) is 0 Å². The van der Waals surface area contributed by atoms with Gasteiger partial charge in [0.2, 0.25) is 0 Å². The van der Waals surface area contributed by atoms with E-state index in [0.29, 0.717) is 0 Å². The van der Waals surface area contributed by atoms with E-state index in [-0.39, 0.29) is 11.1 Å². The summed E-state index contributed by atoms with van der Waals surface area (Å²) in [4.78, 5) is 0. The number of nitrogens with zero attached hydrogens (tertiary/aromatic N) is 2. The van der Waals surface area contributed by atoms with E-state index in [4.69, 9.17) is 0 Å². The first-order chi connectivity index (χ1) is 10.2. The van der Waals surface area contributed by atoms with Gasteiger partial charge >= 0.3 is 8.25 Å². The molecule has 1 aromatic rings. The third-order valence-electron chi connectivity index (χ3n) is 5.52. The van der Waals surface area contributed by atoms with Gasteiger partial charge in [-0.2, -0.15) is 0 Å². The third-order valence-corrected chi connectivity index (χ3v) is 23.5. The molecule has 0 amide bonds. The van der Waals surface area contributed by atoms with Gasteiger partial charge in [-0.05, 0) is 58.2 Å². The van der Waals surface area contributed by atoms with Crippen molar-refractivity contribution in [1.29, 1.82) is 0 Å². The van der Waals surface area contributed by atoms with Gasteiger partial charge in [-0.3, -0.25) is 8.44 Å². The quantitative estimate of drug-likeness (QED) is 0.646. The Kier molecular flexibility index (Phi) is 5.96. The highest BCUT2D eigenvalue weighted by atomic mass is 29.2. The molecule has 1 rings (SSSR count). The van der Waals surface area contributed by atoms with E-state index in [1.807, 2.05) is 0 Å². The molecule has 0 aliphatic rings. The average Bonchev–Trinajstić information content (AvgIpc) is 2.71. The zero-order chi connectivity index (χ0) is 18.4. The topological polar surface area (TPSA) is 8.81 Å².